The molecule has 28 heavy (non-hydrogen) atoms. The number of rotatable bonds is 7. The van der Waals surface area contributed by atoms with Crippen LogP contribution >= 0.6 is 12.4 Å². The van der Waals surface area contributed by atoms with E-state index >= 15 is 0 Å². The van der Waals surface area contributed by atoms with E-state index in [1.54, 1.807) is 0 Å². The molecule has 0 saturated heterocycles. The van der Waals surface area contributed by atoms with Crippen LogP contribution in [0.5, 0.6) is 5.75 Å². The number of nitrogens with one attached hydrogen (secondary N) is 1. The summed E-state index contributed by atoms with van der Waals surface area (Å²) in [6.07, 6.45) is 0. The van der Waals surface area contributed by atoms with E-state index in [0.717, 1.165) is 5.56 Å². The molecule has 2 rings (SSSR count). The summed E-state index contributed by atoms with van der Waals surface area (Å²) in [6.45, 7) is 9.20. The highest BCUT2D eigenvalue weighted by Gasteiger charge is 2.18. The molecule has 4 nitrogen and oxygen atoms in total. The molecule has 1 atom stereocenters. The minimum atomic E-state index is -0.117. The lowest BCUT2D eigenvalue weighted by atomic mass is 9.86. The van der Waals surface area contributed by atoms with Crippen LogP contribution in [-0.4, -0.2) is 38.1 Å². The van der Waals surface area contributed by atoms with E-state index in [2.05, 4.69) is 55.3 Å². The molecular formula is C23H33ClN2O2. The summed E-state index contributed by atoms with van der Waals surface area (Å²) in [7, 11) is 4.05. The molecule has 5 heteroatoms. The van der Waals surface area contributed by atoms with Crippen molar-refractivity contribution in [3.8, 4) is 5.75 Å². The normalized spacial score (nSPS) is 12.2. The van der Waals surface area contributed by atoms with Crippen molar-refractivity contribution in [2.45, 2.75) is 39.2 Å². The highest BCUT2D eigenvalue weighted by molar-refractivity contribution is 5.85. The van der Waals surface area contributed by atoms with Gasteiger partial charge in [0, 0.05) is 6.54 Å². The number of amides is 1. The average molecular weight is 405 g/mol. The first-order chi connectivity index (χ1) is 12.7. The van der Waals surface area contributed by atoms with Crippen molar-refractivity contribution in [3.63, 3.8) is 0 Å². The molecule has 2 aromatic rings. The quantitative estimate of drug-likeness (QED) is 0.738. The molecule has 0 aliphatic carbocycles. The molecule has 0 bridgehead atoms. The highest BCUT2D eigenvalue weighted by Crippen LogP contribution is 2.25. The molecule has 1 N–H and O–H groups in total. The topological polar surface area (TPSA) is 41.6 Å². The van der Waals surface area contributed by atoms with Crippen LogP contribution in [0.4, 0.5) is 0 Å². The lowest BCUT2D eigenvalue weighted by Crippen LogP contribution is -2.36. The molecule has 0 spiro atoms. The summed E-state index contributed by atoms with van der Waals surface area (Å²) in [5.74, 6) is 0.589. The Bertz CT molecular complexity index is 735. The van der Waals surface area contributed by atoms with Crippen molar-refractivity contribution in [2.75, 3.05) is 27.2 Å². The zero-order valence-corrected chi connectivity index (χ0v) is 18.6. The van der Waals surface area contributed by atoms with Gasteiger partial charge in [-0.25, -0.2) is 0 Å². The number of benzene rings is 2. The fourth-order valence-corrected chi connectivity index (χ4v) is 2.85. The first-order valence-electron chi connectivity index (χ1n) is 9.40. The van der Waals surface area contributed by atoms with Crippen molar-refractivity contribution in [3.05, 3.63) is 65.2 Å². The van der Waals surface area contributed by atoms with Gasteiger partial charge in [0.2, 0.25) is 0 Å². The van der Waals surface area contributed by atoms with E-state index in [1.807, 2.05) is 45.3 Å². The third-order valence-electron chi connectivity index (χ3n) is 4.67. The van der Waals surface area contributed by atoms with Crippen molar-refractivity contribution in [2.24, 2.45) is 0 Å². The van der Waals surface area contributed by atoms with Crippen LogP contribution in [-0.2, 0) is 10.2 Å². The SMILES string of the molecule is Cc1ccc(OCC(=O)NCC(c2ccc(C(C)(C)C)cc2)N(C)C)cc1.Cl. The van der Waals surface area contributed by atoms with Crippen molar-refractivity contribution in [1.82, 2.24) is 10.2 Å². The molecule has 2 aromatic carbocycles. The lowest BCUT2D eigenvalue weighted by Gasteiger charge is -2.26. The maximum atomic E-state index is 12.2. The maximum Gasteiger partial charge on any atom is 0.258 e. The number of ether oxygens (including phenoxy) is 1. The van der Waals surface area contributed by atoms with E-state index < -0.39 is 0 Å². The molecule has 0 aliphatic heterocycles. The number of hydrogen-bond acceptors (Lipinski definition) is 3. The Morgan fingerprint density at radius 2 is 1.61 bits per heavy atom. The molecule has 0 radical (unpaired) electrons. The standard InChI is InChI=1S/C23H32N2O2.ClH/c1-17-7-13-20(14-8-17)27-16-22(26)24-15-21(25(5)6)18-9-11-19(12-10-18)23(2,3)4;/h7-14,21H,15-16H2,1-6H3,(H,24,26);1H. The summed E-state index contributed by atoms with van der Waals surface area (Å²) >= 11 is 0. The summed E-state index contributed by atoms with van der Waals surface area (Å²) < 4.78 is 5.55. The molecule has 0 heterocycles. The Morgan fingerprint density at radius 3 is 2.11 bits per heavy atom. The van der Waals surface area contributed by atoms with Crippen LogP contribution < -0.4 is 10.1 Å². The summed E-state index contributed by atoms with van der Waals surface area (Å²) in [4.78, 5) is 14.3. The van der Waals surface area contributed by atoms with Gasteiger partial charge in [-0.2, -0.15) is 0 Å². The Hall–Kier alpha value is -2.04. The zero-order valence-electron chi connectivity index (χ0n) is 17.8. The number of carbonyl (C=O) groups is 1. The minimum Gasteiger partial charge on any atom is -0.484 e. The van der Waals surface area contributed by atoms with Crippen LogP contribution in [0.2, 0.25) is 0 Å². The van der Waals surface area contributed by atoms with Gasteiger partial charge in [-0.3, -0.25) is 4.79 Å². The molecule has 154 valence electrons. The predicted molar refractivity (Wildman–Crippen MR) is 119 cm³/mol. The summed E-state index contributed by atoms with van der Waals surface area (Å²) in [5.41, 5.74) is 3.79. The second-order valence-electron chi connectivity index (χ2n) is 8.26. The second kappa shape index (κ2) is 10.5. The van der Waals surface area contributed by atoms with Gasteiger partial charge in [0.05, 0.1) is 6.04 Å². The third-order valence-corrected chi connectivity index (χ3v) is 4.67. The van der Waals surface area contributed by atoms with E-state index in [9.17, 15) is 4.79 Å². The van der Waals surface area contributed by atoms with Gasteiger partial charge < -0.3 is 15.0 Å². The predicted octanol–water partition coefficient (Wildman–Crippen LogP) is 4.51. The average Bonchev–Trinajstić information content (AvgIpc) is 2.61. The zero-order chi connectivity index (χ0) is 20.0. The molecule has 0 fully saturated rings. The first kappa shape index (κ1) is 24.0. The molecule has 0 aliphatic rings. The maximum absolute atomic E-state index is 12.2. The number of aryl methyl sites for hydroxylation is 1. The number of nitrogens with zero attached hydrogens (tertiary/aromatic N) is 1. The third kappa shape index (κ3) is 7.17. The Balaban J connectivity index is 0.00000392. The fourth-order valence-electron chi connectivity index (χ4n) is 2.85. The van der Waals surface area contributed by atoms with Gasteiger partial charge in [-0.05, 0) is 49.7 Å². The first-order valence-corrected chi connectivity index (χ1v) is 9.40. The Morgan fingerprint density at radius 1 is 1.04 bits per heavy atom. The van der Waals surface area contributed by atoms with Crippen molar-refractivity contribution in [1.29, 1.82) is 0 Å². The minimum absolute atomic E-state index is 0. The lowest BCUT2D eigenvalue weighted by molar-refractivity contribution is -0.123. The van der Waals surface area contributed by atoms with E-state index in [0.29, 0.717) is 12.3 Å². The fraction of sp³-hybridized carbons (Fsp3) is 0.435. The van der Waals surface area contributed by atoms with Gasteiger partial charge in [0.25, 0.3) is 5.91 Å². The number of carbonyl (C=O) groups excluding carboxylic acids is 1. The van der Waals surface area contributed by atoms with Gasteiger partial charge >= 0.3 is 0 Å². The molecule has 1 unspecified atom stereocenters. The molecule has 1 amide bonds. The van der Waals surface area contributed by atoms with E-state index in [1.165, 1.54) is 11.1 Å². The van der Waals surface area contributed by atoms with Crippen LogP contribution in [0.15, 0.2) is 48.5 Å². The van der Waals surface area contributed by atoms with Gasteiger partial charge in [0.15, 0.2) is 6.61 Å². The van der Waals surface area contributed by atoms with Crippen LogP contribution in [0.1, 0.15) is 43.5 Å². The second-order valence-corrected chi connectivity index (χ2v) is 8.26. The van der Waals surface area contributed by atoms with Crippen LogP contribution in [0.3, 0.4) is 0 Å². The molecular weight excluding hydrogens is 372 g/mol. The Labute approximate surface area is 175 Å². The van der Waals surface area contributed by atoms with E-state index in [-0.39, 0.29) is 36.4 Å². The molecule has 0 aromatic heterocycles. The van der Waals surface area contributed by atoms with E-state index in [4.69, 9.17) is 4.74 Å². The van der Waals surface area contributed by atoms with Gasteiger partial charge in [-0.15, -0.1) is 12.4 Å². The van der Waals surface area contributed by atoms with Crippen LogP contribution in [0.25, 0.3) is 0 Å². The monoisotopic (exact) mass is 404 g/mol. The van der Waals surface area contributed by atoms with Crippen molar-refractivity contribution < 1.29 is 9.53 Å². The highest BCUT2D eigenvalue weighted by atomic mass is 35.5. The number of likely N-dealkylation sites (N-methyl/N-ethyl adjacent to an activating group) is 1. The number of hydrogen-bond donors (Lipinski definition) is 1. The van der Waals surface area contributed by atoms with Crippen molar-refractivity contribution >= 4 is 18.3 Å². The number of halogens is 1. The molecule has 0 saturated carbocycles. The smallest absolute Gasteiger partial charge is 0.258 e. The van der Waals surface area contributed by atoms with Gasteiger partial charge in [0.1, 0.15) is 5.75 Å². The Kier molecular flexibility index (Phi) is 8.99. The van der Waals surface area contributed by atoms with Crippen LogP contribution in [0, 0.1) is 6.92 Å². The largest absolute Gasteiger partial charge is 0.484 e. The summed E-state index contributed by atoms with van der Waals surface area (Å²) in [6, 6.07) is 16.5. The van der Waals surface area contributed by atoms with Gasteiger partial charge in [-0.1, -0.05) is 62.7 Å². The summed E-state index contributed by atoms with van der Waals surface area (Å²) in [5, 5.41) is 2.98.